The monoisotopic (exact) mass is 398 g/mol. The number of aromatic nitrogens is 2. The van der Waals surface area contributed by atoms with Gasteiger partial charge in [-0.25, -0.2) is 0 Å². The predicted octanol–water partition coefficient (Wildman–Crippen LogP) is 7.76. The molecule has 2 aromatic heterocycles. The maximum Gasteiger partial charge on any atom is 0.207 e. The van der Waals surface area contributed by atoms with Crippen LogP contribution >= 0.6 is 18.8 Å². The van der Waals surface area contributed by atoms with Crippen molar-refractivity contribution < 1.29 is 0 Å². The number of nitrogens with zero attached hydrogens (tertiary/aromatic N) is 2. The normalized spacial score (nSPS) is 12.1. The third-order valence-electron chi connectivity index (χ3n) is 5.44. The Labute approximate surface area is 168 Å². The van der Waals surface area contributed by atoms with Gasteiger partial charge < -0.3 is 0 Å². The van der Waals surface area contributed by atoms with Crippen LogP contribution in [0, 0.1) is 0 Å². The van der Waals surface area contributed by atoms with Crippen LogP contribution < -0.4 is 0 Å². The largest absolute Gasteiger partial charge is 0.289 e. The van der Waals surface area contributed by atoms with Gasteiger partial charge in [-0.3, -0.25) is 8.68 Å². The first-order valence-corrected chi connectivity index (χ1v) is 11.4. The minimum Gasteiger partial charge on any atom is -0.289 e. The van der Waals surface area contributed by atoms with Crippen molar-refractivity contribution in [3.63, 3.8) is 0 Å². The molecule has 0 aliphatic heterocycles. The van der Waals surface area contributed by atoms with Crippen molar-refractivity contribution in [1.82, 2.24) is 8.68 Å². The molecule has 0 saturated carbocycles. The molecule has 6 aromatic rings. The molecule has 2 heterocycles. The van der Waals surface area contributed by atoms with Gasteiger partial charge in [0.15, 0.2) is 0 Å². The van der Waals surface area contributed by atoms with Crippen LogP contribution in [0.25, 0.3) is 43.6 Å². The average molecular weight is 399 g/mol. The highest BCUT2D eigenvalue weighted by atomic mass is 35.7. The molecule has 0 saturated heterocycles. The first-order chi connectivity index (χ1) is 13.8. The standard InChI is InChI=1S/C24H16ClN2P/c25-28(26-21-13-5-1-9-17(21)18-10-2-6-14-22(18)26)27-23-15-7-3-11-19(23)20-12-4-8-16-24(20)27/h1-16H. The summed E-state index contributed by atoms with van der Waals surface area (Å²) in [7, 11) is -1.19. The molecule has 0 fully saturated rings. The van der Waals surface area contributed by atoms with Crippen molar-refractivity contribution in [2.45, 2.75) is 0 Å². The lowest BCUT2D eigenvalue weighted by Gasteiger charge is -2.18. The molecule has 28 heavy (non-hydrogen) atoms. The molecular weight excluding hydrogens is 383 g/mol. The molecule has 0 aliphatic rings. The number of halogens is 1. The second kappa shape index (κ2) is 6.10. The second-order valence-corrected chi connectivity index (χ2v) is 9.12. The molecule has 4 heteroatoms. The Bertz CT molecular complexity index is 1270. The van der Waals surface area contributed by atoms with E-state index in [2.05, 4.69) is 106 Å². The third kappa shape index (κ3) is 2.13. The van der Waals surface area contributed by atoms with Gasteiger partial charge >= 0.3 is 0 Å². The Hall–Kier alpha value is -2.80. The lowest BCUT2D eigenvalue weighted by molar-refractivity contribution is 1.29. The molecule has 134 valence electrons. The van der Waals surface area contributed by atoms with Gasteiger partial charge in [-0.1, -0.05) is 72.8 Å². The molecule has 0 spiro atoms. The fourth-order valence-electron chi connectivity index (χ4n) is 4.25. The van der Waals surface area contributed by atoms with E-state index < -0.39 is 7.58 Å². The van der Waals surface area contributed by atoms with E-state index in [1.54, 1.807) is 0 Å². The second-order valence-electron chi connectivity index (χ2n) is 6.93. The maximum atomic E-state index is 7.32. The molecule has 0 N–H and O–H groups in total. The van der Waals surface area contributed by atoms with Gasteiger partial charge in [-0.2, -0.15) is 0 Å². The number of para-hydroxylation sites is 4. The molecule has 0 unspecified atom stereocenters. The van der Waals surface area contributed by atoms with Crippen LogP contribution in [0.1, 0.15) is 0 Å². The molecule has 6 rings (SSSR count). The Morgan fingerprint density at radius 2 is 0.679 bits per heavy atom. The van der Waals surface area contributed by atoms with Crippen molar-refractivity contribution >= 4 is 62.4 Å². The topological polar surface area (TPSA) is 9.86 Å². The van der Waals surface area contributed by atoms with Gasteiger partial charge in [0.2, 0.25) is 7.58 Å². The van der Waals surface area contributed by atoms with E-state index in [-0.39, 0.29) is 0 Å². The van der Waals surface area contributed by atoms with E-state index >= 15 is 0 Å². The summed E-state index contributed by atoms with van der Waals surface area (Å²) in [6.45, 7) is 0. The van der Waals surface area contributed by atoms with Crippen LogP contribution in [0.5, 0.6) is 0 Å². The van der Waals surface area contributed by atoms with Gasteiger partial charge in [-0.15, -0.1) is 0 Å². The zero-order valence-corrected chi connectivity index (χ0v) is 16.6. The van der Waals surface area contributed by atoms with Crippen molar-refractivity contribution in [3.8, 4) is 0 Å². The minimum absolute atomic E-state index is 1.17. The molecule has 0 radical (unpaired) electrons. The molecule has 2 nitrogen and oxygen atoms in total. The van der Waals surface area contributed by atoms with E-state index in [4.69, 9.17) is 11.2 Å². The first-order valence-electron chi connectivity index (χ1n) is 9.27. The fraction of sp³-hybridized carbons (Fsp3) is 0. The summed E-state index contributed by atoms with van der Waals surface area (Å²) in [5.74, 6) is 0. The maximum absolute atomic E-state index is 7.32. The van der Waals surface area contributed by atoms with E-state index in [0.29, 0.717) is 0 Å². The van der Waals surface area contributed by atoms with Gasteiger partial charge in [0, 0.05) is 21.5 Å². The molecule has 0 atom stereocenters. The SMILES string of the molecule is ClP(n1c2ccccc2c2ccccc21)n1c2ccccc2c2ccccc21. The number of hydrogen-bond donors (Lipinski definition) is 0. The van der Waals surface area contributed by atoms with E-state index in [0.717, 1.165) is 0 Å². The predicted molar refractivity (Wildman–Crippen MR) is 122 cm³/mol. The van der Waals surface area contributed by atoms with E-state index in [1.807, 2.05) is 0 Å². The van der Waals surface area contributed by atoms with Crippen molar-refractivity contribution in [2.24, 2.45) is 0 Å². The highest BCUT2D eigenvalue weighted by Crippen LogP contribution is 2.54. The Balaban J connectivity index is 1.75. The Morgan fingerprint density at radius 1 is 0.429 bits per heavy atom. The minimum atomic E-state index is -1.19. The summed E-state index contributed by atoms with van der Waals surface area (Å²) in [5, 5.41) is 4.97. The van der Waals surface area contributed by atoms with Gasteiger partial charge in [0.1, 0.15) is 0 Å². The summed E-state index contributed by atoms with van der Waals surface area (Å²) < 4.78 is 4.61. The molecule has 0 amide bonds. The summed E-state index contributed by atoms with van der Waals surface area (Å²) in [4.78, 5) is 0. The fourth-order valence-corrected chi connectivity index (χ4v) is 6.81. The van der Waals surface area contributed by atoms with Crippen molar-refractivity contribution in [3.05, 3.63) is 97.1 Å². The van der Waals surface area contributed by atoms with Crippen LogP contribution in [0.15, 0.2) is 97.1 Å². The molecule has 0 bridgehead atoms. The highest BCUT2D eigenvalue weighted by molar-refractivity contribution is 7.82. The van der Waals surface area contributed by atoms with Gasteiger partial charge in [0.05, 0.1) is 22.1 Å². The van der Waals surface area contributed by atoms with Crippen LogP contribution in [0.2, 0.25) is 0 Å². The first kappa shape index (κ1) is 16.2. The van der Waals surface area contributed by atoms with E-state index in [1.165, 1.54) is 43.6 Å². The van der Waals surface area contributed by atoms with Crippen molar-refractivity contribution in [2.75, 3.05) is 0 Å². The van der Waals surface area contributed by atoms with Gasteiger partial charge in [0.25, 0.3) is 0 Å². The highest BCUT2D eigenvalue weighted by Gasteiger charge is 2.22. The van der Waals surface area contributed by atoms with Crippen LogP contribution in [0.3, 0.4) is 0 Å². The Morgan fingerprint density at radius 3 is 0.964 bits per heavy atom. The zero-order chi connectivity index (χ0) is 18.7. The summed E-state index contributed by atoms with van der Waals surface area (Å²) in [6, 6.07) is 34.1. The summed E-state index contributed by atoms with van der Waals surface area (Å²) in [6.07, 6.45) is 0. The summed E-state index contributed by atoms with van der Waals surface area (Å²) >= 11 is 7.32. The number of fused-ring (bicyclic) bond motifs is 6. The van der Waals surface area contributed by atoms with Crippen LogP contribution in [-0.2, 0) is 0 Å². The van der Waals surface area contributed by atoms with E-state index in [9.17, 15) is 0 Å². The zero-order valence-electron chi connectivity index (χ0n) is 15.0. The molecule has 4 aromatic carbocycles. The number of benzene rings is 4. The lowest BCUT2D eigenvalue weighted by Crippen LogP contribution is -1.96. The van der Waals surface area contributed by atoms with Crippen molar-refractivity contribution in [1.29, 1.82) is 0 Å². The molecule has 0 aliphatic carbocycles. The number of rotatable bonds is 2. The summed E-state index contributed by atoms with van der Waals surface area (Å²) in [5.41, 5.74) is 4.69. The number of hydrogen-bond acceptors (Lipinski definition) is 0. The Kier molecular flexibility index (Phi) is 3.53. The average Bonchev–Trinajstić information content (AvgIpc) is 3.27. The smallest absolute Gasteiger partial charge is 0.207 e. The molecular formula is C24H16ClN2P. The third-order valence-corrected chi connectivity index (χ3v) is 7.87. The lowest BCUT2D eigenvalue weighted by atomic mass is 10.2. The van der Waals surface area contributed by atoms with Crippen LogP contribution in [-0.4, -0.2) is 8.68 Å². The van der Waals surface area contributed by atoms with Crippen LogP contribution in [0.4, 0.5) is 0 Å². The van der Waals surface area contributed by atoms with Gasteiger partial charge in [-0.05, 0) is 35.5 Å². The quantitative estimate of drug-likeness (QED) is 0.264.